The van der Waals surface area contributed by atoms with E-state index in [1.807, 2.05) is 38.1 Å². The predicted molar refractivity (Wildman–Crippen MR) is 74.7 cm³/mol. The van der Waals surface area contributed by atoms with Crippen molar-refractivity contribution >= 4 is 27.4 Å². The van der Waals surface area contributed by atoms with Gasteiger partial charge in [0.05, 0.1) is 5.57 Å². The smallest absolute Gasteiger partial charge is 0.346 e. The van der Waals surface area contributed by atoms with Crippen LogP contribution in [-0.4, -0.2) is 17.5 Å². The zero-order valence-corrected chi connectivity index (χ0v) is 11.8. The average molecular weight is 305 g/mol. The Kier molecular flexibility index (Phi) is 3.27. The van der Waals surface area contributed by atoms with Crippen molar-refractivity contribution in [2.45, 2.75) is 25.4 Å². The Bertz CT molecular complexity index is 554. The normalized spacial score (nSPS) is 21.2. The summed E-state index contributed by atoms with van der Waals surface area (Å²) in [5.41, 5.74) is 0.634. The maximum absolute atomic E-state index is 12.0. The van der Waals surface area contributed by atoms with Gasteiger partial charge in [-0.25, -0.2) is 6.57 Å². The van der Waals surface area contributed by atoms with Crippen LogP contribution in [0.3, 0.4) is 0 Å². The standard InChI is InChI=1S/C14H13BrN2O/c1-9(2)17-13(18)14(16-3)8-12(14)10-4-6-11(15)7-5-10/h4-9H,1-2H3,(H,17,18)/t14-/m0/s1. The Morgan fingerprint density at radius 2 is 2.00 bits per heavy atom. The lowest BCUT2D eigenvalue weighted by Crippen LogP contribution is -2.40. The Balaban J connectivity index is 2.19. The molecule has 0 spiro atoms. The lowest BCUT2D eigenvalue weighted by atomic mass is 10.0. The first-order valence-corrected chi connectivity index (χ1v) is 6.48. The molecule has 4 heteroatoms. The van der Waals surface area contributed by atoms with Gasteiger partial charge in [-0.05, 0) is 31.5 Å². The van der Waals surface area contributed by atoms with E-state index in [9.17, 15) is 4.79 Å². The predicted octanol–water partition coefficient (Wildman–Crippen LogP) is 3.03. The number of nitrogens with one attached hydrogen (secondary N) is 1. The SMILES string of the molecule is [C-]#[N+][C@@]1(C(=O)NC(C)C)C=C1c1ccc(Br)cc1. The van der Waals surface area contributed by atoms with Crippen molar-refractivity contribution in [3.05, 3.63) is 51.8 Å². The molecule has 0 saturated carbocycles. The monoisotopic (exact) mass is 304 g/mol. The largest absolute Gasteiger partial charge is 0.353 e. The lowest BCUT2D eigenvalue weighted by Gasteiger charge is -2.10. The highest BCUT2D eigenvalue weighted by molar-refractivity contribution is 9.10. The Morgan fingerprint density at radius 1 is 1.39 bits per heavy atom. The lowest BCUT2D eigenvalue weighted by molar-refractivity contribution is -0.122. The quantitative estimate of drug-likeness (QED) is 0.856. The van der Waals surface area contributed by atoms with Crippen LogP contribution in [0.25, 0.3) is 10.4 Å². The Labute approximate surface area is 115 Å². The molecule has 0 unspecified atom stereocenters. The van der Waals surface area contributed by atoms with Gasteiger partial charge in [0, 0.05) is 16.6 Å². The number of hydrogen-bond acceptors (Lipinski definition) is 1. The minimum absolute atomic E-state index is 0.0382. The van der Waals surface area contributed by atoms with Crippen LogP contribution in [0.1, 0.15) is 19.4 Å². The number of nitrogens with zero attached hydrogens (tertiary/aromatic N) is 1. The van der Waals surface area contributed by atoms with Gasteiger partial charge in [-0.15, -0.1) is 0 Å². The van der Waals surface area contributed by atoms with Gasteiger partial charge in [0.15, 0.2) is 0 Å². The number of hydrogen-bond donors (Lipinski definition) is 1. The van der Waals surface area contributed by atoms with Crippen LogP contribution in [0.4, 0.5) is 0 Å². The van der Waals surface area contributed by atoms with E-state index < -0.39 is 5.54 Å². The number of halogens is 1. The molecule has 0 bridgehead atoms. The topological polar surface area (TPSA) is 33.5 Å². The third-order valence-electron chi connectivity index (χ3n) is 2.78. The van der Waals surface area contributed by atoms with E-state index in [1.54, 1.807) is 6.08 Å². The van der Waals surface area contributed by atoms with Crippen LogP contribution in [-0.2, 0) is 4.79 Å². The highest BCUT2D eigenvalue weighted by Crippen LogP contribution is 2.46. The van der Waals surface area contributed by atoms with Crippen molar-refractivity contribution < 1.29 is 4.79 Å². The first kappa shape index (κ1) is 12.8. The average Bonchev–Trinajstić information content (AvgIpc) is 3.05. The second-order valence-corrected chi connectivity index (χ2v) is 5.49. The fraction of sp³-hybridized carbons (Fsp3) is 0.286. The maximum Gasteiger partial charge on any atom is 0.353 e. The molecule has 2 rings (SSSR count). The molecule has 1 aromatic carbocycles. The van der Waals surface area contributed by atoms with Crippen molar-refractivity contribution in [1.29, 1.82) is 0 Å². The molecule has 0 saturated heterocycles. The molecule has 0 radical (unpaired) electrons. The van der Waals surface area contributed by atoms with Gasteiger partial charge >= 0.3 is 11.4 Å². The number of benzene rings is 1. The summed E-state index contributed by atoms with van der Waals surface area (Å²) in [6.07, 6.45) is 1.72. The second kappa shape index (κ2) is 4.58. The number of carbonyl (C=O) groups is 1. The molecule has 92 valence electrons. The van der Waals surface area contributed by atoms with Crippen molar-refractivity contribution in [3.8, 4) is 0 Å². The highest BCUT2D eigenvalue weighted by atomic mass is 79.9. The van der Waals surface area contributed by atoms with E-state index in [-0.39, 0.29) is 11.9 Å². The van der Waals surface area contributed by atoms with Gasteiger partial charge in [-0.3, -0.25) is 9.64 Å². The van der Waals surface area contributed by atoms with Gasteiger partial charge in [-0.2, -0.15) is 0 Å². The van der Waals surface area contributed by atoms with Gasteiger partial charge in [0.2, 0.25) is 0 Å². The van der Waals surface area contributed by atoms with Gasteiger partial charge in [0.25, 0.3) is 0 Å². The summed E-state index contributed by atoms with van der Waals surface area (Å²) in [7, 11) is 0. The summed E-state index contributed by atoms with van der Waals surface area (Å²) in [6.45, 7) is 11.0. The van der Waals surface area contributed by atoms with E-state index in [4.69, 9.17) is 6.57 Å². The van der Waals surface area contributed by atoms with Gasteiger partial charge in [0.1, 0.15) is 0 Å². The van der Waals surface area contributed by atoms with Crippen LogP contribution in [0, 0.1) is 6.57 Å². The fourth-order valence-electron chi connectivity index (χ4n) is 1.81. The van der Waals surface area contributed by atoms with Crippen LogP contribution in [0.5, 0.6) is 0 Å². The zero-order chi connectivity index (χ0) is 13.3. The Morgan fingerprint density at radius 3 is 2.50 bits per heavy atom. The molecule has 0 fully saturated rings. The summed E-state index contributed by atoms with van der Waals surface area (Å²) < 4.78 is 0.979. The number of amides is 1. The summed E-state index contributed by atoms with van der Waals surface area (Å²) in [5, 5.41) is 2.79. The minimum Gasteiger partial charge on any atom is -0.346 e. The minimum atomic E-state index is -1.09. The fourth-order valence-corrected chi connectivity index (χ4v) is 2.07. The van der Waals surface area contributed by atoms with Crippen LogP contribution in [0.2, 0.25) is 0 Å². The molecule has 1 aliphatic carbocycles. The molecule has 1 atom stereocenters. The van der Waals surface area contributed by atoms with Crippen molar-refractivity contribution in [2.75, 3.05) is 0 Å². The van der Waals surface area contributed by atoms with E-state index in [2.05, 4.69) is 26.1 Å². The highest BCUT2D eigenvalue weighted by Gasteiger charge is 2.59. The van der Waals surface area contributed by atoms with Crippen molar-refractivity contribution in [2.24, 2.45) is 0 Å². The summed E-state index contributed by atoms with van der Waals surface area (Å²) in [5.74, 6) is -0.231. The third kappa shape index (κ3) is 2.19. The molecule has 1 aromatic rings. The van der Waals surface area contributed by atoms with E-state index in [1.165, 1.54) is 0 Å². The molecule has 1 amide bonds. The summed E-state index contributed by atoms with van der Waals surface area (Å²) >= 11 is 3.36. The van der Waals surface area contributed by atoms with E-state index in [0.717, 1.165) is 15.6 Å². The molecule has 3 nitrogen and oxygen atoms in total. The Hall–Kier alpha value is -1.60. The summed E-state index contributed by atoms with van der Waals surface area (Å²) in [6, 6.07) is 7.67. The second-order valence-electron chi connectivity index (χ2n) is 4.57. The molecule has 1 aliphatic rings. The molecule has 0 aromatic heterocycles. The molecule has 0 heterocycles. The van der Waals surface area contributed by atoms with Crippen LogP contribution in [0.15, 0.2) is 34.8 Å². The third-order valence-corrected chi connectivity index (χ3v) is 3.31. The van der Waals surface area contributed by atoms with E-state index >= 15 is 0 Å². The van der Waals surface area contributed by atoms with Crippen molar-refractivity contribution in [1.82, 2.24) is 5.32 Å². The molecular weight excluding hydrogens is 292 g/mol. The maximum atomic E-state index is 12.0. The molecule has 18 heavy (non-hydrogen) atoms. The van der Waals surface area contributed by atoms with E-state index in [0.29, 0.717) is 0 Å². The summed E-state index contributed by atoms with van der Waals surface area (Å²) in [4.78, 5) is 15.5. The molecular formula is C14H13BrN2O. The number of carbonyl (C=O) groups excluding carboxylic acids is 1. The zero-order valence-electron chi connectivity index (χ0n) is 10.2. The van der Waals surface area contributed by atoms with Crippen LogP contribution < -0.4 is 5.32 Å². The van der Waals surface area contributed by atoms with Crippen molar-refractivity contribution in [3.63, 3.8) is 0 Å². The first-order valence-electron chi connectivity index (χ1n) is 5.68. The number of rotatable bonds is 3. The first-order chi connectivity index (χ1) is 8.49. The molecule has 0 aliphatic heterocycles. The van der Waals surface area contributed by atoms with Crippen LogP contribution >= 0.6 is 15.9 Å². The van der Waals surface area contributed by atoms with Gasteiger partial charge < -0.3 is 5.32 Å². The molecule has 1 N–H and O–H groups in total. The van der Waals surface area contributed by atoms with Gasteiger partial charge in [-0.1, -0.05) is 28.1 Å².